The van der Waals surface area contributed by atoms with Gasteiger partial charge in [0.1, 0.15) is 5.65 Å². The largest absolute Gasteiger partial charge is 0.307 e. The summed E-state index contributed by atoms with van der Waals surface area (Å²) in [5, 5.41) is 4.61. The van der Waals surface area contributed by atoms with Gasteiger partial charge in [-0.1, -0.05) is 19.8 Å². The van der Waals surface area contributed by atoms with Crippen molar-refractivity contribution in [1.29, 1.82) is 0 Å². The highest BCUT2D eigenvalue weighted by atomic mass is 19.1. The monoisotopic (exact) mass is 389 g/mol. The number of imidazole rings is 1. The van der Waals surface area contributed by atoms with E-state index >= 15 is 0 Å². The number of pyridine rings is 2. The predicted octanol–water partition coefficient (Wildman–Crippen LogP) is 5.29. The van der Waals surface area contributed by atoms with Gasteiger partial charge in [0.2, 0.25) is 5.95 Å². The Balaban J connectivity index is 1.57. The summed E-state index contributed by atoms with van der Waals surface area (Å²) in [5.41, 5.74) is 4.96. The number of nitrogens with zero attached hydrogens (tertiary/aromatic N) is 5. The minimum atomic E-state index is -0.446. The number of hydrogen-bond acceptors (Lipinski definition) is 3. The standard InChI is InChI=1S/C23H24FN5/c1-16-11-19(18-13-26-29(14-18)15-23(2)6-3-4-7-23)21(27-22(16)24)17-5-9-28-10-8-25-20(28)12-17/h5,8-14H,3-4,6-7,15H2,1-2H3. The van der Waals surface area contributed by atoms with Gasteiger partial charge in [0, 0.05) is 53.6 Å². The number of halogens is 1. The second-order valence-electron chi connectivity index (χ2n) is 8.54. The smallest absolute Gasteiger partial charge is 0.216 e. The lowest BCUT2D eigenvalue weighted by molar-refractivity contribution is 0.268. The molecule has 4 heterocycles. The lowest BCUT2D eigenvalue weighted by Gasteiger charge is -2.22. The van der Waals surface area contributed by atoms with Gasteiger partial charge in [-0.25, -0.2) is 9.97 Å². The SMILES string of the molecule is Cc1cc(-c2cnn(CC3(C)CCCC3)c2)c(-c2ccn3ccnc3c2)nc1F. The van der Waals surface area contributed by atoms with Crippen molar-refractivity contribution in [1.82, 2.24) is 24.1 Å². The fraction of sp³-hybridized carbons (Fsp3) is 0.348. The van der Waals surface area contributed by atoms with Crippen LogP contribution in [0, 0.1) is 18.3 Å². The first-order valence-electron chi connectivity index (χ1n) is 10.1. The fourth-order valence-corrected chi connectivity index (χ4v) is 4.46. The van der Waals surface area contributed by atoms with E-state index in [1.165, 1.54) is 25.7 Å². The normalized spacial score (nSPS) is 16.0. The van der Waals surface area contributed by atoms with Gasteiger partial charge in [-0.2, -0.15) is 9.49 Å². The highest BCUT2D eigenvalue weighted by Crippen LogP contribution is 2.39. The Bertz CT molecular complexity index is 1180. The van der Waals surface area contributed by atoms with Gasteiger partial charge in [0.25, 0.3) is 0 Å². The molecule has 0 radical (unpaired) electrons. The lowest BCUT2D eigenvalue weighted by atomic mass is 9.89. The zero-order valence-electron chi connectivity index (χ0n) is 16.8. The molecule has 0 aliphatic heterocycles. The van der Waals surface area contributed by atoms with Gasteiger partial charge in [-0.05, 0) is 43.4 Å². The van der Waals surface area contributed by atoms with Crippen LogP contribution in [0.1, 0.15) is 38.2 Å². The third-order valence-corrected chi connectivity index (χ3v) is 6.12. The molecule has 1 saturated carbocycles. The summed E-state index contributed by atoms with van der Waals surface area (Å²) < 4.78 is 18.3. The molecule has 0 aromatic carbocycles. The molecule has 6 heteroatoms. The second kappa shape index (κ2) is 6.79. The quantitative estimate of drug-likeness (QED) is 0.446. The summed E-state index contributed by atoms with van der Waals surface area (Å²) in [7, 11) is 0. The molecule has 1 aliphatic carbocycles. The summed E-state index contributed by atoms with van der Waals surface area (Å²) >= 11 is 0. The van der Waals surface area contributed by atoms with Crippen molar-refractivity contribution in [3.63, 3.8) is 0 Å². The molecule has 0 saturated heterocycles. The van der Waals surface area contributed by atoms with Crippen molar-refractivity contribution in [3.05, 3.63) is 60.7 Å². The van der Waals surface area contributed by atoms with Gasteiger partial charge in [-0.3, -0.25) is 4.68 Å². The first-order valence-corrected chi connectivity index (χ1v) is 10.1. The number of aromatic nitrogens is 5. The van der Waals surface area contributed by atoms with Gasteiger partial charge in [-0.15, -0.1) is 0 Å². The van der Waals surface area contributed by atoms with Gasteiger partial charge < -0.3 is 4.40 Å². The molecule has 0 atom stereocenters. The Hall–Kier alpha value is -3.02. The highest BCUT2D eigenvalue weighted by molar-refractivity contribution is 5.81. The van der Waals surface area contributed by atoms with Crippen molar-refractivity contribution >= 4 is 5.65 Å². The molecule has 148 valence electrons. The average molecular weight is 389 g/mol. The molecule has 0 bridgehead atoms. The van der Waals surface area contributed by atoms with Crippen molar-refractivity contribution < 1.29 is 4.39 Å². The maximum atomic E-state index is 14.4. The minimum Gasteiger partial charge on any atom is -0.307 e. The first-order chi connectivity index (χ1) is 14.0. The highest BCUT2D eigenvalue weighted by Gasteiger charge is 2.29. The van der Waals surface area contributed by atoms with Crippen LogP contribution in [0.25, 0.3) is 28.0 Å². The van der Waals surface area contributed by atoms with Crippen LogP contribution in [-0.4, -0.2) is 24.1 Å². The van der Waals surface area contributed by atoms with Crippen molar-refractivity contribution in [2.45, 2.75) is 46.1 Å². The maximum Gasteiger partial charge on any atom is 0.216 e. The van der Waals surface area contributed by atoms with E-state index < -0.39 is 5.95 Å². The van der Waals surface area contributed by atoms with Crippen LogP contribution in [-0.2, 0) is 6.54 Å². The van der Waals surface area contributed by atoms with Crippen LogP contribution in [0.15, 0.2) is 49.2 Å². The van der Waals surface area contributed by atoms with Crippen LogP contribution in [0.5, 0.6) is 0 Å². The summed E-state index contributed by atoms with van der Waals surface area (Å²) in [4.78, 5) is 8.64. The van der Waals surface area contributed by atoms with Gasteiger partial charge in [0.05, 0.1) is 11.9 Å². The zero-order valence-corrected chi connectivity index (χ0v) is 16.8. The number of aryl methyl sites for hydroxylation is 1. The van der Waals surface area contributed by atoms with Crippen molar-refractivity contribution in [2.75, 3.05) is 0 Å². The van der Waals surface area contributed by atoms with Crippen LogP contribution in [0.3, 0.4) is 0 Å². The van der Waals surface area contributed by atoms with Crippen molar-refractivity contribution in [2.24, 2.45) is 5.41 Å². The van der Waals surface area contributed by atoms with Crippen LogP contribution in [0.2, 0.25) is 0 Å². The Morgan fingerprint density at radius 1 is 1.14 bits per heavy atom. The molecule has 4 aromatic rings. The first kappa shape index (κ1) is 18.0. The average Bonchev–Trinajstić information content (AvgIpc) is 3.44. The van der Waals surface area contributed by atoms with E-state index in [0.29, 0.717) is 16.7 Å². The van der Waals surface area contributed by atoms with E-state index in [9.17, 15) is 4.39 Å². The molecule has 0 unspecified atom stereocenters. The van der Waals surface area contributed by atoms with E-state index in [0.717, 1.165) is 28.9 Å². The predicted molar refractivity (Wildman–Crippen MR) is 111 cm³/mol. The Labute approximate surface area is 169 Å². The third-order valence-electron chi connectivity index (χ3n) is 6.12. The van der Waals surface area contributed by atoms with E-state index in [2.05, 4.69) is 28.2 Å². The summed E-state index contributed by atoms with van der Waals surface area (Å²) in [6, 6.07) is 5.75. The van der Waals surface area contributed by atoms with Crippen LogP contribution < -0.4 is 0 Å². The van der Waals surface area contributed by atoms with E-state index in [1.54, 1.807) is 13.1 Å². The molecule has 5 nitrogen and oxygen atoms in total. The molecule has 1 aliphatic rings. The zero-order chi connectivity index (χ0) is 20.0. The number of hydrogen-bond donors (Lipinski definition) is 0. The van der Waals surface area contributed by atoms with E-state index in [4.69, 9.17) is 0 Å². The second-order valence-corrected chi connectivity index (χ2v) is 8.54. The molecular weight excluding hydrogens is 365 g/mol. The van der Waals surface area contributed by atoms with Gasteiger partial charge >= 0.3 is 0 Å². The fourth-order valence-electron chi connectivity index (χ4n) is 4.46. The Morgan fingerprint density at radius 3 is 2.79 bits per heavy atom. The lowest BCUT2D eigenvalue weighted by Crippen LogP contribution is -2.19. The molecular formula is C23H24FN5. The minimum absolute atomic E-state index is 0.314. The van der Waals surface area contributed by atoms with Crippen molar-refractivity contribution in [3.8, 4) is 22.4 Å². The summed E-state index contributed by atoms with van der Waals surface area (Å²) in [6.45, 7) is 5.00. The molecule has 0 N–H and O–H groups in total. The number of fused-ring (bicyclic) bond motifs is 1. The third kappa shape index (κ3) is 3.33. The molecule has 1 fully saturated rings. The molecule has 29 heavy (non-hydrogen) atoms. The number of rotatable bonds is 4. The Kier molecular flexibility index (Phi) is 4.23. The Morgan fingerprint density at radius 2 is 1.97 bits per heavy atom. The van der Waals surface area contributed by atoms with Crippen LogP contribution in [0.4, 0.5) is 4.39 Å². The topological polar surface area (TPSA) is 48.0 Å². The molecule has 0 spiro atoms. The summed E-state index contributed by atoms with van der Waals surface area (Å²) in [6.07, 6.45) is 14.6. The molecule has 0 amide bonds. The molecule has 5 rings (SSSR count). The van der Waals surface area contributed by atoms with E-state index in [1.807, 2.05) is 45.9 Å². The van der Waals surface area contributed by atoms with E-state index in [-0.39, 0.29) is 0 Å². The van der Waals surface area contributed by atoms with Gasteiger partial charge in [0.15, 0.2) is 0 Å². The van der Waals surface area contributed by atoms with Crippen LogP contribution >= 0.6 is 0 Å². The summed E-state index contributed by atoms with van der Waals surface area (Å²) in [5.74, 6) is -0.446. The molecule has 4 aromatic heterocycles. The maximum absolute atomic E-state index is 14.4.